The number of carbonyl (C=O) groups excluding carboxylic acids is 2. The van der Waals surface area contributed by atoms with Crippen molar-refractivity contribution >= 4 is 11.9 Å². The standard InChI is InChI=1S/C4H6O6.Mn/c5-1(3(7)8)2(6)4(9)10;/h1-2,5-6H,(H,7,8)(H,9,10);/q;+2/p-2/t1-,2-;/m0./s1. The normalized spacial score (nSPS) is 14.4. The molecule has 11 heavy (non-hydrogen) atoms. The molecule has 0 amide bonds. The van der Waals surface area contributed by atoms with Crippen molar-refractivity contribution in [2.24, 2.45) is 0 Å². The molecule has 0 bridgehead atoms. The number of rotatable bonds is 3. The second-order valence-corrected chi connectivity index (χ2v) is 1.53. The Morgan fingerprint density at radius 3 is 1.27 bits per heavy atom. The van der Waals surface area contributed by atoms with Crippen LogP contribution in [0.15, 0.2) is 0 Å². The molecule has 0 aliphatic carbocycles. The molecular formula is C4H4MnO6. The van der Waals surface area contributed by atoms with Crippen molar-refractivity contribution in [3.05, 3.63) is 0 Å². The molecule has 2 atom stereocenters. The number of carbonyl (C=O) groups is 2. The van der Waals surface area contributed by atoms with Crippen LogP contribution in [-0.2, 0) is 26.7 Å². The summed E-state index contributed by atoms with van der Waals surface area (Å²) < 4.78 is 0. The number of aliphatic hydroxyl groups is 2. The van der Waals surface area contributed by atoms with E-state index in [0.717, 1.165) is 0 Å². The summed E-state index contributed by atoms with van der Waals surface area (Å²) in [6, 6.07) is 0. The maximum atomic E-state index is 9.63. The summed E-state index contributed by atoms with van der Waals surface area (Å²) in [6.07, 6.45) is -4.88. The quantitative estimate of drug-likeness (QED) is 0.444. The van der Waals surface area contributed by atoms with Gasteiger partial charge in [0.05, 0.1) is 11.9 Å². The molecule has 0 rings (SSSR count). The van der Waals surface area contributed by atoms with Crippen molar-refractivity contribution < 1.29 is 47.1 Å². The fourth-order valence-corrected chi connectivity index (χ4v) is 0.258. The third-order valence-corrected chi connectivity index (χ3v) is 0.782. The van der Waals surface area contributed by atoms with Gasteiger partial charge in [0.15, 0.2) is 0 Å². The van der Waals surface area contributed by atoms with Crippen molar-refractivity contribution in [3.63, 3.8) is 0 Å². The summed E-state index contributed by atoms with van der Waals surface area (Å²) in [7, 11) is 0. The fourth-order valence-electron chi connectivity index (χ4n) is 0.258. The molecule has 0 fully saturated rings. The van der Waals surface area contributed by atoms with Crippen LogP contribution in [0.3, 0.4) is 0 Å². The van der Waals surface area contributed by atoms with Crippen LogP contribution < -0.4 is 10.2 Å². The van der Waals surface area contributed by atoms with Gasteiger partial charge in [-0.2, -0.15) is 0 Å². The Morgan fingerprint density at radius 2 is 1.18 bits per heavy atom. The van der Waals surface area contributed by atoms with Crippen LogP contribution in [0.25, 0.3) is 0 Å². The topological polar surface area (TPSA) is 121 Å². The van der Waals surface area contributed by atoms with E-state index in [2.05, 4.69) is 0 Å². The number of carboxylic acid groups (broad SMARTS) is 2. The van der Waals surface area contributed by atoms with Crippen LogP contribution in [0.5, 0.6) is 0 Å². The van der Waals surface area contributed by atoms with Gasteiger partial charge in [0.25, 0.3) is 0 Å². The average Bonchev–Trinajstić information content (AvgIpc) is 1.84. The maximum absolute atomic E-state index is 9.63. The zero-order valence-electron chi connectivity index (χ0n) is 5.06. The predicted molar refractivity (Wildman–Crippen MR) is 22.0 cm³/mol. The molecule has 0 aliphatic rings. The Kier molecular flexibility index (Phi) is 6.01. The van der Waals surface area contributed by atoms with Gasteiger partial charge < -0.3 is 30.0 Å². The van der Waals surface area contributed by atoms with Gasteiger partial charge in [-0.3, -0.25) is 0 Å². The predicted octanol–water partition coefficient (Wildman–Crippen LogP) is -4.79. The van der Waals surface area contributed by atoms with Gasteiger partial charge in [-0.15, -0.1) is 0 Å². The van der Waals surface area contributed by atoms with Crippen molar-refractivity contribution in [2.45, 2.75) is 12.2 Å². The summed E-state index contributed by atoms with van der Waals surface area (Å²) >= 11 is 0. The second kappa shape index (κ2) is 5.09. The minimum Gasteiger partial charge on any atom is -0.547 e. The van der Waals surface area contributed by atoms with Gasteiger partial charge in [0, 0.05) is 0 Å². The largest absolute Gasteiger partial charge is 2.00 e. The summed E-state index contributed by atoms with van der Waals surface area (Å²) in [5, 5.41) is 35.7. The van der Waals surface area contributed by atoms with Crippen LogP contribution in [0.2, 0.25) is 0 Å². The zero-order chi connectivity index (χ0) is 8.31. The molecule has 0 spiro atoms. The third-order valence-electron chi connectivity index (χ3n) is 0.782. The molecule has 7 heteroatoms. The summed E-state index contributed by atoms with van der Waals surface area (Å²) in [5.74, 6) is -4.12. The Hall–Kier alpha value is -0.621. The van der Waals surface area contributed by atoms with E-state index in [9.17, 15) is 19.8 Å². The van der Waals surface area contributed by atoms with Crippen LogP contribution in [0, 0.1) is 0 Å². The van der Waals surface area contributed by atoms with E-state index in [1.54, 1.807) is 0 Å². The van der Waals surface area contributed by atoms with E-state index >= 15 is 0 Å². The van der Waals surface area contributed by atoms with Crippen molar-refractivity contribution in [1.82, 2.24) is 0 Å². The smallest absolute Gasteiger partial charge is 0.547 e. The number of aliphatic hydroxyl groups excluding tert-OH is 2. The average molecular weight is 203 g/mol. The number of hydrogen-bond donors (Lipinski definition) is 2. The van der Waals surface area contributed by atoms with Crippen molar-refractivity contribution in [3.8, 4) is 0 Å². The molecule has 0 saturated carbocycles. The third kappa shape index (κ3) is 3.94. The molecule has 0 saturated heterocycles. The van der Waals surface area contributed by atoms with Gasteiger partial charge in [0.1, 0.15) is 12.2 Å². The van der Waals surface area contributed by atoms with E-state index in [1.807, 2.05) is 0 Å². The Bertz CT molecular complexity index is 139. The molecule has 0 aliphatic heterocycles. The van der Waals surface area contributed by atoms with E-state index in [4.69, 9.17) is 10.2 Å². The van der Waals surface area contributed by atoms with E-state index < -0.39 is 24.1 Å². The molecule has 0 aromatic rings. The second-order valence-electron chi connectivity index (χ2n) is 1.53. The molecular weight excluding hydrogens is 199 g/mol. The zero-order valence-corrected chi connectivity index (χ0v) is 6.24. The molecule has 2 N–H and O–H groups in total. The first-order valence-corrected chi connectivity index (χ1v) is 2.24. The van der Waals surface area contributed by atoms with Gasteiger partial charge in [0.2, 0.25) is 0 Å². The minimum atomic E-state index is -2.44. The molecule has 63 valence electrons. The van der Waals surface area contributed by atoms with Crippen LogP contribution in [0.4, 0.5) is 0 Å². The number of carboxylic acids is 2. The fraction of sp³-hybridized carbons (Fsp3) is 0.500. The van der Waals surface area contributed by atoms with Gasteiger partial charge in [-0.25, -0.2) is 0 Å². The first kappa shape index (κ1) is 13.0. The van der Waals surface area contributed by atoms with E-state index in [0.29, 0.717) is 0 Å². The van der Waals surface area contributed by atoms with Gasteiger partial charge in [-0.1, -0.05) is 0 Å². The first-order chi connectivity index (χ1) is 4.46. The van der Waals surface area contributed by atoms with Gasteiger partial charge in [-0.05, 0) is 0 Å². The first-order valence-electron chi connectivity index (χ1n) is 2.24. The monoisotopic (exact) mass is 203 g/mol. The molecule has 0 unspecified atom stereocenters. The van der Waals surface area contributed by atoms with Crippen LogP contribution in [0.1, 0.15) is 0 Å². The van der Waals surface area contributed by atoms with E-state index in [1.165, 1.54) is 0 Å². The molecule has 0 aromatic heterocycles. The SMILES string of the molecule is O=C([O-])[C@@H](O)[C@H](O)C(=O)[O-].[Mn+2]. The summed E-state index contributed by atoms with van der Waals surface area (Å²) in [6.45, 7) is 0. The summed E-state index contributed by atoms with van der Waals surface area (Å²) in [5.41, 5.74) is 0. The number of hydrogen-bond acceptors (Lipinski definition) is 6. The molecule has 1 radical (unpaired) electrons. The van der Waals surface area contributed by atoms with E-state index in [-0.39, 0.29) is 17.1 Å². The minimum absolute atomic E-state index is 0. The Balaban J connectivity index is 0. The number of aliphatic carboxylic acids is 2. The van der Waals surface area contributed by atoms with Crippen LogP contribution >= 0.6 is 0 Å². The Morgan fingerprint density at radius 1 is 1.00 bits per heavy atom. The maximum Gasteiger partial charge on any atom is 2.00 e. The van der Waals surface area contributed by atoms with Crippen LogP contribution in [-0.4, -0.2) is 34.4 Å². The molecule has 0 heterocycles. The molecule has 6 nitrogen and oxygen atoms in total. The Labute approximate surface area is 71.9 Å². The van der Waals surface area contributed by atoms with Crippen molar-refractivity contribution in [2.75, 3.05) is 0 Å². The van der Waals surface area contributed by atoms with Gasteiger partial charge >= 0.3 is 17.1 Å². The molecule has 0 aromatic carbocycles. The summed E-state index contributed by atoms with van der Waals surface area (Å²) in [4.78, 5) is 19.3. The van der Waals surface area contributed by atoms with Crippen molar-refractivity contribution in [1.29, 1.82) is 0 Å².